The van der Waals surface area contributed by atoms with E-state index in [2.05, 4.69) is 4.98 Å². The molecule has 0 saturated heterocycles. The Morgan fingerprint density at radius 1 is 1.00 bits per heavy atom. The van der Waals surface area contributed by atoms with E-state index in [1.165, 1.54) is 0 Å². The van der Waals surface area contributed by atoms with E-state index in [1.54, 1.807) is 12.4 Å². The molecule has 0 aliphatic rings. The first-order chi connectivity index (χ1) is 10.2. The van der Waals surface area contributed by atoms with E-state index in [0.717, 1.165) is 22.6 Å². The summed E-state index contributed by atoms with van der Waals surface area (Å²) in [5.74, 6) is 1.69. The van der Waals surface area contributed by atoms with Crippen LogP contribution >= 0.6 is 11.6 Å². The maximum Gasteiger partial charge on any atom is 0.134 e. The van der Waals surface area contributed by atoms with E-state index >= 15 is 0 Å². The van der Waals surface area contributed by atoms with Crippen molar-refractivity contribution in [1.82, 2.24) is 4.98 Å². The van der Waals surface area contributed by atoms with Crippen LogP contribution in [0.15, 0.2) is 65.3 Å². The van der Waals surface area contributed by atoms with Crippen molar-refractivity contribution in [2.75, 3.05) is 0 Å². The SMILES string of the molecule is NC(Cc1ccc(-c2ccc(Cl)cc2)o1)c1ccncc1. The molecule has 1 unspecified atom stereocenters. The van der Waals surface area contributed by atoms with Gasteiger partial charge in [-0.05, 0) is 54.1 Å². The molecule has 0 aliphatic carbocycles. The summed E-state index contributed by atoms with van der Waals surface area (Å²) in [6, 6.07) is 15.2. The Morgan fingerprint density at radius 3 is 2.43 bits per heavy atom. The molecule has 2 aromatic heterocycles. The van der Waals surface area contributed by atoms with Gasteiger partial charge in [-0.2, -0.15) is 0 Å². The van der Waals surface area contributed by atoms with Crippen LogP contribution in [0.25, 0.3) is 11.3 Å². The summed E-state index contributed by atoms with van der Waals surface area (Å²) in [6.07, 6.45) is 4.14. The quantitative estimate of drug-likeness (QED) is 0.784. The second-order valence-corrected chi connectivity index (χ2v) is 5.30. The third-order valence-electron chi connectivity index (χ3n) is 3.35. The number of benzene rings is 1. The smallest absolute Gasteiger partial charge is 0.134 e. The van der Waals surface area contributed by atoms with Gasteiger partial charge >= 0.3 is 0 Å². The average Bonchev–Trinajstić information content (AvgIpc) is 2.97. The van der Waals surface area contributed by atoms with Crippen molar-refractivity contribution in [3.63, 3.8) is 0 Å². The lowest BCUT2D eigenvalue weighted by molar-refractivity contribution is 0.499. The molecule has 0 fully saturated rings. The predicted octanol–water partition coefficient (Wildman–Crippen LogP) is 4.24. The summed E-state index contributed by atoms with van der Waals surface area (Å²) >= 11 is 5.89. The lowest BCUT2D eigenvalue weighted by atomic mass is 10.1. The first kappa shape index (κ1) is 13.9. The standard InChI is InChI=1S/C17H15ClN2O/c18-14-3-1-13(2-4-14)17-6-5-15(21-17)11-16(19)12-7-9-20-10-8-12/h1-10,16H,11,19H2. The second kappa shape index (κ2) is 6.12. The molecule has 0 bridgehead atoms. The predicted molar refractivity (Wildman–Crippen MR) is 84.0 cm³/mol. The molecular weight excluding hydrogens is 284 g/mol. The minimum atomic E-state index is -0.0998. The first-order valence-corrected chi connectivity index (χ1v) is 7.10. The summed E-state index contributed by atoms with van der Waals surface area (Å²) in [5.41, 5.74) is 8.24. The van der Waals surface area contributed by atoms with Gasteiger partial charge in [-0.1, -0.05) is 11.6 Å². The van der Waals surface area contributed by atoms with E-state index in [-0.39, 0.29) is 6.04 Å². The van der Waals surface area contributed by atoms with Gasteiger partial charge in [0.1, 0.15) is 11.5 Å². The Balaban J connectivity index is 1.75. The van der Waals surface area contributed by atoms with Gasteiger partial charge in [0.05, 0.1) is 0 Å². The van der Waals surface area contributed by atoms with E-state index in [9.17, 15) is 0 Å². The molecule has 0 saturated carbocycles. The molecule has 1 atom stereocenters. The third-order valence-corrected chi connectivity index (χ3v) is 3.60. The van der Waals surface area contributed by atoms with Gasteiger partial charge in [0.15, 0.2) is 0 Å². The number of nitrogens with two attached hydrogens (primary N) is 1. The van der Waals surface area contributed by atoms with E-state index in [4.69, 9.17) is 21.8 Å². The van der Waals surface area contributed by atoms with Gasteiger partial charge in [-0.3, -0.25) is 4.98 Å². The van der Waals surface area contributed by atoms with E-state index < -0.39 is 0 Å². The van der Waals surface area contributed by atoms with Gasteiger partial charge in [-0.15, -0.1) is 0 Å². The first-order valence-electron chi connectivity index (χ1n) is 6.72. The lowest BCUT2D eigenvalue weighted by Crippen LogP contribution is -2.12. The molecule has 0 radical (unpaired) electrons. The zero-order valence-electron chi connectivity index (χ0n) is 11.4. The van der Waals surface area contributed by atoms with Crippen molar-refractivity contribution in [3.05, 3.63) is 77.3 Å². The highest BCUT2D eigenvalue weighted by atomic mass is 35.5. The number of aromatic nitrogens is 1. The Labute approximate surface area is 128 Å². The summed E-state index contributed by atoms with van der Waals surface area (Å²) in [6.45, 7) is 0. The maximum atomic E-state index is 6.19. The topological polar surface area (TPSA) is 52.0 Å². The van der Waals surface area contributed by atoms with Crippen molar-refractivity contribution in [2.45, 2.75) is 12.5 Å². The molecule has 4 heteroatoms. The highest BCUT2D eigenvalue weighted by Gasteiger charge is 2.11. The van der Waals surface area contributed by atoms with Crippen LogP contribution < -0.4 is 5.73 Å². The Morgan fingerprint density at radius 2 is 1.71 bits per heavy atom. The molecule has 0 aliphatic heterocycles. The van der Waals surface area contributed by atoms with Crippen LogP contribution in [-0.4, -0.2) is 4.98 Å². The number of hydrogen-bond acceptors (Lipinski definition) is 3. The maximum absolute atomic E-state index is 6.19. The van der Waals surface area contributed by atoms with Gasteiger partial charge in [0.2, 0.25) is 0 Å². The number of hydrogen-bond donors (Lipinski definition) is 1. The molecule has 21 heavy (non-hydrogen) atoms. The van der Waals surface area contributed by atoms with Crippen molar-refractivity contribution in [1.29, 1.82) is 0 Å². The minimum absolute atomic E-state index is 0.0998. The molecule has 1 aromatic carbocycles. The molecule has 0 spiro atoms. The second-order valence-electron chi connectivity index (χ2n) is 4.86. The van der Waals surface area contributed by atoms with Crippen molar-refractivity contribution in [2.24, 2.45) is 5.73 Å². The van der Waals surface area contributed by atoms with Crippen LogP contribution in [-0.2, 0) is 6.42 Å². The van der Waals surface area contributed by atoms with Crippen LogP contribution in [0, 0.1) is 0 Å². The Hall–Kier alpha value is -2.10. The van der Waals surface area contributed by atoms with Crippen molar-refractivity contribution < 1.29 is 4.42 Å². The summed E-state index contributed by atoms with van der Waals surface area (Å²) in [7, 11) is 0. The molecule has 3 nitrogen and oxygen atoms in total. The molecule has 106 valence electrons. The van der Waals surface area contributed by atoms with Gasteiger partial charge in [-0.25, -0.2) is 0 Å². The molecular formula is C17H15ClN2O. The molecule has 2 N–H and O–H groups in total. The Kier molecular flexibility index (Phi) is 4.04. The lowest BCUT2D eigenvalue weighted by Gasteiger charge is -2.09. The van der Waals surface area contributed by atoms with Crippen LogP contribution in [0.1, 0.15) is 17.4 Å². The zero-order chi connectivity index (χ0) is 14.7. The third kappa shape index (κ3) is 3.32. The fraction of sp³-hybridized carbons (Fsp3) is 0.118. The molecule has 3 rings (SSSR count). The zero-order valence-corrected chi connectivity index (χ0v) is 12.1. The summed E-state index contributed by atoms with van der Waals surface area (Å²) < 4.78 is 5.86. The highest BCUT2D eigenvalue weighted by Crippen LogP contribution is 2.25. The molecule has 0 amide bonds. The van der Waals surface area contributed by atoms with E-state index in [1.807, 2.05) is 48.5 Å². The fourth-order valence-electron chi connectivity index (χ4n) is 2.20. The van der Waals surface area contributed by atoms with Crippen LogP contribution in [0.5, 0.6) is 0 Å². The van der Waals surface area contributed by atoms with Crippen LogP contribution in [0.4, 0.5) is 0 Å². The number of furan rings is 1. The number of rotatable bonds is 4. The van der Waals surface area contributed by atoms with Gasteiger partial charge in [0.25, 0.3) is 0 Å². The van der Waals surface area contributed by atoms with Crippen molar-refractivity contribution in [3.8, 4) is 11.3 Å². The molecule has 2 heterocycles. The summed E-state index contributed by atoms with van der Waals surface area (Å²) in [5, 5.41) is 0.713. The van der Waals surface area contributed by atoms with Gasteiger partial charge < -0.3 is 10.2 Å². The average molecular weight is 299 g/mol. The van der Waals surface area contributed by atoms with Gasteiger partial charge in [0, 0.05) is 35.4 Å². The Bertz CT molecular complexity index is 707. The normalized spacial score (nSPS) is 12.3. The fourth-order valence-corrected chi connectivity index (χ4v) is 2.33. The highest BCUT2D eigenvalue weighted by molar-refractivity contribution is 6.30. The largest absolute Gasteiger partial charge is 0.461 e. The van der Waals surface area contributed by atoms with E-state index in [0.29, 0.717) is 11.4 Å². The molecule has 3 aromatic rings. The van der Waals surface area contributed by atoms with Crippen LogP contribution in [0.3, 0.4) is 0 Å². The van der Waals surface area contributed by atoms with Crippen molar-refractivity contribution >= 4 is 11.6 Å². The minimum Gasteiger partial charge on any atom is -0.461 e. The van der Waals surface area contributed by atoms with Crippen LogP contribution in [0.2, 0.25) is 5.02 Å². The number of halogens is 1. The monoisotopic (exact) mass is 298 g/mol. The number of pyridine rings is 1. The summed E-state index contributed by atoms with van der Waals surface area (Å²) in [4.78, 5) is 4.00. The number of nitrogens with zero attached hydrogens (tertiary/aromatic N) is 1.